The molecule has 1 heterocycles. The van der Waals surface area contributed by atoms with Crippen LogP contribution in [-0.4, -0.2) is 12.7 Å². The summed E-state index contributed by atoms with van der Waals surface area (Å²) in [4.78, 5) is 12.2. The van der Waals surface area contributed by atoms with Crippen molar-refractivity contribution < 1.29 is 14.3 Å². The summed E-state index contributed by atoms with van der Waals surface area (Å²) in [5, 5.41) is 12.4. The molecule has 0 fully saturated rings. The fourth-order valence-corrected chi connectivity index (χ4v) is 2.27. The Balaban J connectivity index is 1.81. The van der Waals surface area contributed by atoms with Crippen molar-refractivity contribution in [3.8, 4) is 17.6 Å². The van der Waals surface area contributed by atoms with E-state index in [4.69, 9.17) is 21.1 Å². The third kappa shape index (κ3) is 3.44. The average Bonchev–Trinajstić information content (AvgIpc) is 3.00. The van der Waals surface area contributed by atoms with Crippen LogP contribution in [0.5, 0.6) is 11.5 Å². The molecule has 1 amide bonds. The van der Waals surface area contributed by atoms with Crippen molar-refractivity contribution in [1.29, 1.82) is 5.26 Å². The van der Waals surface area contributed by atoms with Gasteiger partial charge in [0.25, 0.3) is 5.91 Å². The minimum Gasteiger partial charge on any atom is -0.454 e. The molecule has 0 bridgehead atoms. The summed E-state index contributed by atoms with van der Waals surface area (Å²) in [6.07, 6.45) is 1.49. The molecular weight excluding hydrogens is 316 g/mol. The molecule has 1 aliphatic rings. The smallest absolute Gasteiger partial charge is 0.266 e. The number of hydrogen-bond donors (Lipinski definition) is 1. The normalized spacial score (nSPS) is 12.6. The van der Waals surface area contributed by atoms with Gasteiger partial charge in [0.1, 0.15) is 11.6 Å². The van der Waals surface area contributed by atoms with Crippen molar-refractivity contribution in [3.05, 3.63) is 58.6 Å². The Morgan fingerprint density at radius 1 is 1.22 bits per heavy atom. The highest BCUT2D eigenvalue weighted by atomic mass is 35.5. The number of carbonyl (C=O) groups excluding carboxylic acids is 1. The number of anilines is 1. The van der Waals surface area contributed by atoms with E-state index in [2.05, 4.69) is 5.32 Å². The molecule has 1 N–H and O–H groups in total. The van der Waals surface area contributed by atoms with Crippen molar-refractivity contribution in [3.63, 3.8) is 0 Å². The van der Waals surface area contributed by atoms with Crippen LogP contribution in [0, 0.1) is 11.3 Å². The lowest BCUT2D eigenvalue weighted by Crippen LogP contribution is -2.13. The Morgan fingerprint density at radius 2 is 2.04 bits per heavy atom. The maximum atomic E-state index is 12.2. The van der Waals surface area contributed by atoms with Gasteiger partial charge in [-0.2, -0.15) is 5.26 Å². The highest BCUT2D eigenvalue weighted by Gasteiger charge is 2.14. The predicted molar refractivity (Wildman–Crippen MR) is 86.2 cm³/mol. The molecule has 1 aliphatic heterocycles. The number of nitrogens with zero attached hydrogens (tertiary/aromatic N) is 1. The van der Waals surface area contributed by atoms with Gasteiger partial charge in [-0.25, -0.2) is 0 Å². The molecule has 114 valence electrons. The minimum absolute atomic E-state index is 0.0242. The van der Waals surface area contributed by atoms with E-state index in [-0.39, 0.29) is 12.4 Å². The summed E-state index contributed by atoms with van der Waals surface area (Å²) in [5.41, 5.74) is 1.17. The number of nitriles is 1. The van der Waals surface area contributed by atoms with E-state index in [1.54, 1.807) is 42.5 Å². The molecule has 0 spiro atoms. The molecule has 0 atom stereocenters. The molecule has 23 heavy (non-hydrogen) atoms. The number of rotatable bonds is 3. The standard InChI is InChI=1S/C17H11ClN2O3/c18-13-2-1-3-14(8-13)20-17(21)12(9-19)6-11-4-5-15-16(7-11)23-10-22-15/h1-8H,10H2,(H,20,21)/b12-6+. The largest absolute Gasteiger partial charge is 0.454 e. The fraction of sp³-hybridized carbons (Fsp3) is 0.0588. The SMILES string of the molecule is N#C/C(=C\c1ccc2c(c1)OCO2)C(=O)Nc1cccc(Cl)c1. The van der Waals surface area contributed by atoms with Gasteiger partial charge in [0.15, 0.2) is 11.5 Å². The van der Waals surface area contributed by atoms with Gasteiger partial charge in [-0.3, -0.25) is 4.79 Å². The second kappa shape index (κ2) is 6.42. The lowest BCUT2D eigenvalue weighted by molar-refractivity contribution is -0.112. The number of hydrogen-bond acceptors (Lipinski definition) is 4. The van der Waals surface area contributed by atoms with Crippen LogP contribution in [0.1, 0.15) is 5.56 Å². The van der Waals surface area contributed by atoms with Gasteiger partial charge >= 0.3 is 0 Å². The zero-order chi connectivity index (χ0) is 16.2. The van der Waals surface area contributed by atoms with Crippen LogP contribution in [-0.2, 0) is 4.79 Å². The molecule has 0 aromatic heterocycles. The maximum absolute atomic E-state index is 12.2. The topological polar surface area (TPSA) is 71.3 Å². The average molecular weight is 327 g/mol. The van der Waals surface area contributed by atoms with E-state index in [0.29, 0.717) is 27.8 Å². The molecule has 6 heteroatoms. The van der Waals surface area contributed by atoms with Crippen LogP contribution >= 0.6 is 11.6 Å². The summed E-state index contributed by atoms with van der Waals surface area (Å²) in [6, 6.07) is 13.8. The summed E-state index contributed by atoms with van der Waals surface area (Å²) in [7, 11) is 0. The van der Waals surface area contributed by atoms with Gasteiger partial charge in [0.2, 0.25) is 6.79 Å². The Kier molecular flexibility index (Phi) is 4.18. The molecule has 0 radical (unpaired) electrons. The van der Waals surface area contributed by atoms with Gasteiger partial charge in [0, 0.05) is 10.7 Å². The van der Waals surface area contributed by atoms with Crippen LogP contribution in [0.2, 0.25) is 5.02 Å². The number of benzene rings is 2. The second-order valence-electron chi connectivity index (χ2n) is 4.75. The number of carbonyl (C=O) groups is 1. The number of amides is 1. The lowest BCUT2D eigenvalue weighted by Gasteiger charge is -2.05. The van der Waals surface area contributed by atoms with Gasteiger partial charge < -0.3 is 14.8 Å². The van der Waals surface area contributed by atoms with E-state index < -0.39 is 5.91 Å². The second-order valence-corrected chi connectivity index (χ2v) is 5.18. The Bertz CT molecular complexity index is 840. The first-order valence-electron chi connectivity index (χ1n) is 6.74. The van der Waals surface area contributed by atoms with Crippen molar-refractivity contribution in [1.82, 2.24) is 0 Å². The van der Waals surface area contributed by atoms with Crippen LogP contribution in [0.4, 0.5) is 5.69 Å². The van der Waals surface area contributed by atoms with E-state index in [9.17, 15) is 10.1 Å². The molecular formula is C17H11ClN2O3. The first kappa shape index (κ1) is 14.9. The first-order valence-corrected chi connectivity index (χ1v) is 7.12. The molecule has 5 nitrogen and oxygen atoms in total. The molecule has 0 unspecified atom stereocenters. The van der Waals surface area contributed by atoms with E-state index in [1.807, 2.05) is 6.07 Å². The zero-order valence-corrected chi connectivity index (χ0v) is 12.6. The number of halogens is 1. The summed E-state index contributed by atoms with van der Waals surface area (Å²) < 4.78 is 10.5. The van der Waals surface area contributed by atoms with Gasteiger partial charge in [-0.15, -0.1) is 0 Å². The maximum Gasteiger partial charge on any atom is 0.266 e. The third-order valence-electron chi connectivity index (χ3n) is 3.16. The van der Waals surface area contributed by atoms with Crippen molar-refractivity contribution >= 4 is 29.3 Å². The molecule has 0 saturated heterocycles. The lowest BCUT2D eigenvalue weighted by atomic mass is 10.1. The van der Waals surface area contributed by atoms with Crippen LogP contribution in [0.15, 0.2) is 48.0 Å². The first-order chi connectivity index (χ1) is 11.2. The summed E-state index contributed by atoms with van der Waals surface area (Å²) in [5.74, 6) is 0.725. The number of nitrogens with one attached hydrogen (secondary N) is 1. The van der Waals surface area contributed by atoms with Crippen molar-refractivity contribution in [2.75, 3.05) is 12.1 Å². The fourth-order valence-electron chi connectivity index (χ4n) is 2.08. The monoisotopic (exact) mass is 326 g/mol. The van der Waals surface area contributed by atoms with Gasteiger partial charge in [-0.1, -0.05) is 23.7 Å². The van der Waals surface area contributed by atoms with E-state index >= 15 is 0 Å². The molecule has 3 rings (SSSR count). The predicted octanol–water partition coefficient (Wildman–Crippen LogP) is 3.61. The van der Waals surface area contributed by atoms with Crippen LogP contribution in [0.3, 0.4) is 0 Å². The Hall–Kier alpha value is -2.97. The number of fused-ring (bicyclic) bond motifs is 1. The van der Waals surface area contributed by atoms with Crippen LogP contribution in [0.25, 0.3) is 6.08 Å². The third-order valence-corrected chi connectivity index (χ3v) is 3.39. The number of ether oxygens (including phenoxy) is 2. The highest BCUT2D eigenvalue weighted by Crippen LogP contribution is 2.33. The Labute approximate surface area is 137 Å². The quantitative estimate of drug-likeness (QED) is 0.691. The Morgan fingerprint density at radius 3 is 2.83 bits per heavy atom. The molecule has 0 saturated carbocycles. The molecule has 0 aliphatic carbocycles. The van der Waals surface area contributed by atoms with Gasteiger partial charge in [0.05, 0.1) is 0 Å². The molecule has 2 aromatic rings. The minimum atomic E-state index is -0.507. The van der Waals surface area contributed by atoms with Crippen LogP contribution < -0.4 is 14.8 Å². The van der Waals surface area contributed by atoms with Crippen molar-refractivity contribution in [2.45, 2.75) is 0 Å². The summed E-state index contributed by atoms with van der Waals surface area (Å²) >= 11 is 5.87. The van der Waals surface area contributed by atoms with Crippen molar-refractivity contribution in [2.24, 2.45) is 0 Å². The van der Waals surface area contributed by atoms with Gasteiger partial charge in [-0.05, 0) is 42.0 Å². The highest BCUT2D eigenvalue weighted by molar-refractivity contribution is 6.31. The summed E-state index contributed by atoms with van der Waals surface area (Å²) in [6.45, 7) is 0.170. The van der Waals surface area contributed by atoms with E-state index in [0.717, 1.165) is 0 Å². The van der Waals surface area contributed by atoms with E-state index in [1.165, 1.54) is 6.08 Å². The zero-order valence-electron chi connectivity index (χ0n) is 11.9. The molecule has 2 aromatic carbocycles.